The molecule has 2 amide bonds. The van der Waals surface area contributed by atoms with Crippen LogP contribution in [0.5, 0.6) is 0 Å². The minimum Gasteiger partial charge on any atom is -0.478 e. The molecule has 5 aromatic carbocycles. The monoisotopic (exact) mass is 670 g/mol. The smallest absolute Gasteiger partial charge is 0.336 e. The summed E-state index contributed by atoms with van der Waals surface area (Å²) in [7, 11) is -7.94. The predicted octanol–water partition coefficient (Wildman–Crippen LogP) is 4.72. The number of hydrogen-bond donors (Lipinski definition) is 5. The number of rotatable bonds is 9. The van der Waals surface area contributed by atoms with Crippen molar-refractivity contribution in [1.29, 1.82) is 0 Å². The van der Waals surface area contributed by atoms with E-state index in [-0.39, 0.29) is 53.5 Å². The third-order valence-electron chi connectivity index (χ3n) is 6.90. The van der Waals surface area contributed by atoms with E-state index in [4.69, 9.17) is 11.5 Å². The van der Waals surface area contributed by atoms with Crippen molar-refractivity contribution >= 4 is 60.2 Å². The summed E-state index contributed by atoms with van der Waals surface area (Å²) in [6.45, 7) is 0. The van der Waals surface area contributed by atoms with Crippen LogP contribution >= 0.6 is 0 Å². The van der Waals surface area contributed by atoms with Gasteiger partial charge in [-0.15, -0.1) is 0 Å². The zero-order valence-electron chi connectivity index (χ0n) is 24.2. The van der Waals surface area contributed by atoms with Crippen molar-refractivity contribution in [2.24, 2.45) is 0 Å². The molecular formula is C33H26N4O8S2. The molecule has 0 aromatic heterocycles. The van der Waals surface area contributed by atoms with Crippen LogP contribution in [0.2, 0.25) is 0 Å². The summed E-state index contributed by atoms with van der Waals surface area (Å²) in [5, 5.41) is 14.9. The van der Waals surface area contributed by atoms with Gasteiger partial charge in [0, 0.05) is 28.3 Å². The number of amides is 2. The van der Waals surface area contributed by atoms with Crippen molar-refractivity contribution in [3.05, 3.63) is 132 Å². The first-order chi connectivity index (χ1) is 22.3. The molecule has 0 fully saturated rings. The number of nitrogen functional groups attached to an aromatic ring is 2. The van der Waals surface area contributed by atoms with E-state index in [1.807, 2.05) is 0 Å². The molecule has 0 spiro atoms. The Balaban J connectivity index is 1.36. The molecule has 0 atom stereocenters. The van der Waals surface area contributed by atoms with Crippen LogP contribution < -0.4 is 22.1 Å². The molecule has 0 radical (unpaired) electrons. The number of hydrogen-bond acceptors (Lipinski definition) is 9. The molecule has 14 heteroatoms. The number of carbonyl (C=O) groups is 3. The lowest BCUT2D eigenvalue weighted by Crippen LogP contribution is -2.19. The van der Waals surface area contributed by atoms with Crippen molar-refractivity contribution in [3.63, 3.8) is 0 Å². The van der Waals surface area contributed by atoms with Gasteiger partial charge in [0.05, 0.1) is 30.7 Å². The van der Waals surface area contributed by atoms with Crippen LogP contribution in [0, 0.1) is 0 Å². The molecule has 0 aliphatic rings. The number of nitrogens with two attached hydrogens (primary N) is 2. The van der Waals surface area contributed by atoms with Crippen LogP contribution in [0.25, 0.3) is 0 Å². The molecule has 238 valence electrons. The molecule has 12 nitrogen and oxygen atoms in total. The summed E-state index contributed by atoms with van der Waals surface area (Å²) in [4.78, 5) is 38.0. The Morgan fingerprint density at radius 1 is 0.511 bits per heavy atom. The van der Waals surface area contributed by atoms with Crippen LogP contribution in [-0.2, 0) is 19.7 Å². The Kier molecular flexibility index (Phi) is 8.81. The summed E-state index contributed by atoms with van der Waals surface area (Å²) >= 11 is 0. The second-order valence-electron chi connectivity index (χ2n) is 10.2. The average molecular weight is 671 g/mol. The van der Waals surface area contributed by atoms with Gasteiger partial charge in [-0.3, -0.25) is 9.59 Å². The minimum absolute atomic E-state index is 0.0318. The van der Waals surface area contributed by atoms with Crippen molar-refractivity contribution in [1.82, 2.24) is 0 Å². The van der Waals surface area contributed by atoms with E-state index in [2.05, 4.69) is 10.6 Å². The quantitative estimate of drug-likeness (QED) is 0.136. The van der Waals surface area contributed by atoms with Gasteiger partial charge in [-0.2, -0.15) is 0 Å². The fourth-order valence-corrected chi connectivity index (χ4v) is 7.30. The number of carboxylic acid groups (broad SMARTS) is 1. The molecule has 5 rings (SSSR count). The van der Waals surface area contributed by atoms with Crippen molar-refractivity contribution in [2.45, 2.75) is 19.6 Å². The summed E-state index contributed by atoms with van der Waals surface area (Å²) in [6, 6.07) is 25.7. The number of anilines is 4. The van der Waals surface area contributed by atoms with E-state index in [1.165, 1.54) is 91.0 Å². The van der Waals surface area contributed by atoms with Gasteiger partial charge in [0.1, 0.15) is 0 Å². The van der Waals surface area contributed by atoms with Crippen LogP contribution in [0.4, 0.5) is 22.7 Å². The van der Waals surface area contributed by atoms with Gasteiger partial charge in [-0.1, -0.05) is 24.3 Å². The fourth-order valence-electron chi connectivity index (χ4n) is 4.58. The standard InChI is InChI=1S/C33H26N4O8S2/c34-21-5-1-9-25(16-21)46(42,43)27-11-3-7-23(18-27)36-31(38)20-13-14-29(30(15-20)33(40)41)32(39)37-24-8-4-12-28(19-24)47(44,45)26-10-2-6-22(35)17-26/h1-19H,34-35H2,(H,36,38)(H,37,39)(H,40,41). The maximum atomic E-state index is 13.2. The lowest BCUT2D eigenvalue weighted by Gasteiger charge is -2.12. The molecular weight excluding hydrogens is 645 g/mol. The third-order valence-corrected chi connectivity index (χ3v) is 10.4. The number of benzene rings is 5. The van der Waals surface area contributed by atoms with Gasteiger partial charge in [0.25, 0.3) is 11.8 Å². The van der Waals surface area contributed by atoms with Crippen LogP contribution in [0.3, 0.4) is 0 Å². The van der Waals surface area contributed by atoms with Gasteiger partial charge >= 0.3 is 5.97 Å². The molecule has 0 saturated heterocycles. The molecule has 0 saturated carbocycles. The maximum Gasteiger partial charge on any atom is 0.336 e. The van der Waals surface area contributed by atoms with E-state index in [0.29, 0.717) is 0 Å². The number of sulfone groups is 2. The van der Waals surface area contributed by atoms with Crippen molar-refractivity contribution in [2.75, 3.05) is 22.1 Å². The van der Waals surface area contributed by atoms with Crippen LogP contribution in [-0.4, -0.2) is 39.7 Å². The second-order valence-corrected chi connectivity index (χ2v) is 14.1. The Hall–Kier alpha value is -5.99. The van der Waals surface area contributed by atoms with E-state index in [0.717, 1.165) is 12.1 Å². The Morgan fingerprint density at radius 2 is 0.936 bits per heavy atom. The lowest BCUT2D eigenvalue weighted by atomic mass is 10.0. The normalized spacial score (nSPS) is 11.4. The molecule has 0 aliphatic carbocycles. The van der Waals surface area contributed by atoms with Crippen molar-refractivity contribution < 1.29 is 36.3 Å². The fraction of sp³-hybridized carbons (Fsp3) is 0. The number of nitrogens with one attached hydrogen (secondary N) is 2. The van der Waals surface area contributed by atoms with Crippen LogP contribution in [0.1, 0.15) is 31.1 Å². The summed E-state index contributed by atoms with van der Waals surface area (Å²) in [5.41, 5.74) is 11.2. The highest BCUT2D eigenvalue weighted by molar-refractivity contribution is 7.91. The highest BCUT2D eigenvalue weighted by atomic mass is 32.2. The first-order valence-corrected chi connectivity index (χ1v) is 16.6. The highest BCUT2D eigenvalue weighted by Gasteiger charge is 2.23. The van der Waals surface area contributed by atoms with Crippen molar-refractivity contribution in [3.8, 4) is 0 Å². The minimum atomic E-state index is -3.98. The maximum absolute atomic E-state index is 13.2. The Morgan fingerprint density at radius 3 is 1.38 bits per heavy atom. The molecule has 0 unspecified atom stereocenters. The van der Waals surface area contributed by atoms with Crippen LogP contribution in [0.15, 0.2) is 135 Å². The molecule has 47 heavy (non-hydrogen) atoms. The zero-order chi connectivity index (χ0) is 33.9. The number of aromatic carboxylic acids is 1. The number of carboxylic acids is 1. The first-order valence-electron chi connectivity index (χ1n) is 13.7. The lowest BCUT2D eigenvalue weighted by molar-refractivity contribution is 0.0692. The van der Waals surface area contributed by atoms with Gasteiger partial charge < -0.3 is 27.2 Å². The SMILES string of the molecule is Nc1cccc(S(=O)(=O)c2cccc(NC(=O)c3ccc(C(=O)Nc4cccc(S(=O)(=O)c5cccc(N)c5)c4)c(C(=O)O)c3)c2)c1. The van der Waals surface area contributed by atoms with E-state index >= 15 is 0 Å². The third kappa shape index (κ3) is 6.98. The summed E-state index contributed by atoms with van der Waals surface area (Å²) < 4.78 is 52.4. The molecule has 0 heterocycles. The van der Waals surface area contributed by atoms with Gasteiger partial charge in [-0.25, -0.2) is 21.6 Å². The van der Waals surface area contributed by atoms with E-state index in [1.54, 1.807) is 12.1 Å². The Bertz CT molecular complexity index is 2290. The molecule has 0 bridgehead atoms. The largest absolute Gasteiger partial charge is 0.478 e. The summed E-state index contributed by atoms with van der Waals surface area (Å²) in [6.07, 6.45) is 0. The van der Waals surface area contributed by atoms with Gasteiger partial charge in [0.15, 0.2) is 0 Å². The molecule has 5 aromatic rings. The second kappa shape index (κ2) is 12.8. The average Bonchev–Trinajstić information content (AvgIpc) is 3.04. The number of carbonyl (C=O) groups excluding carboxylic acids is 2. The van der Waals surface area contributed by atoms with E-state index in [9.17, 15) is 36.3 Å². The van der Waals surface area contributed by atoms with Gasteiger partial charge in [0.2, 0.25) is 19.7 Å². The molecule has 7 N–H and O–H groups in total. The predicted molar refractivity (Wildman–Crippen MR) is 175 cm³/mol. The zero-order valence-corrected chi connectivity index (χ0v) is 25.9. The highest BCUT2D eigenvalue weighted by Crippen LogP contribution is 2.27. The summed E-state index contributed by atoms with van der Waals surface area (Å²) in [5.74, 6) is -3.14. The first kappa shape index (κ1) is 32.4. The van der Waals surface area contributed by atoms with Gasteiger partial charge in [-0.05, 0) is 91.0 Å². The van der Waals surface area contributed by atoms with E-state index < -0.39 is 43.0 Å². The topological polar surface area (TPSA) is 216 Å². The molecule has 0 aliphatic heterocycles. The Labute approximate surface area is 269 Å².